The van der Waals surface area contributed by atoms with Gasteiger partial charge in [-0.05, 0) is 18.8 Å². The molecule has 0 aliphatic carbocycles. The van der Waals surface area contributed by atoms with Crippen molar-refractivity contribution in [3.8, 4) is 12.3 Å². The van der Waals surface area contributed by atoms with E-state index in [-0.39, 0.29) is 0 Å². The first-order valence-electron chi connectivity index (χ1n) is 5.83. The summed E-state index contributed by atoms with van der Waals surface area (Å²) in [4.78, 5) is 0. The van der Waals surface area contributed by atoms with Crippen molar-refractivity contribution in [2.24, 2.45) is 11.8 Å². The molecule has 0 nitrogen and oxygen atoms in total. The smallest absolute Gasteiger partial charge is 0.0226 e. The highest BCUT2D eigenvalue weighted by molar-refractivity contribution is 4.95. The second kappa shape index (κ2) is 18.2. The van der Waals surface area contributed by atoms with Crippen LogP contribution in [0.2, 0.25) is 0 Å². The average Bonchev–Trinajstić information content (AvgIpc) is 2.26. The summed E-state index contributed by atoms with van der Waals surface area (Å²) >= 11 is 0. The van der Waals surface area contributed by atoms with Crippen molar-refractivity contribution in [1.29, 1.82) is 0 Å². The van der Waals surface area contributed by atoms with E-state index in [2.05, 4.69) is 26.3 Å². The molecule has 0 aromatic heterocycles. The molecule has 0 aliphatic heterocycles. The molecule has 0 spiro atoms. The minimum atomic E-state index is 0.429. The number of hydrogen-bond donors (Lipinski definition) is 0. The molecule has 0 amide bonds. The van der Waals surface area contributed by atoms with E-state index in [0.29, 0.717) is 11.8 Å². The lowest BCUT2D eigenvalue weighted by Crippen LogP contribution is -2.06. The van der Waals surface area contributed by atoms with Gasteiger partial charge in [-0.1, -0.05) is 47.6 Å². The maximum Gasteiger partial charge on any atom is 0.0226 e. The van der Waals surface area contributed by atoms with Crippen molar-refractivity contribution < 1.29 is 0 Å². The molecule has 0 aromatic rings. The number of hydrogen-bond acceptors (Lipinski definition) is 0. The Bertz CT molecular complexity index is 127. The molecule has 0 heteroatoms. The minimum absolute atomic E-state index is 0.429. The van der Waals surface area contributed by atoms with Crippen molar-refractivity contribution in [3.05, 3.63) is 12.7 Å². The van der Waals surface area contributed by atoms with Crippen LogP contribution in [-0.4, -0.2) is 0 Å². The summed E-state index contributed by atoms with van der Waals surface area (Å²) in [5, 5.41) is 0. The van der Waals surface area contributed by atoms with E-state index in [4.69, 9.17) is 6.42 Å². The Labute approximate surface area is 91.8 Å². The zero-order valence-electron chi connectivity index (χ0n) is 10.9. The Morgan fingerprint density at radius 1 is 1.29 bits per heavy atom. The predicted octanol–water partition coefficient (Wildman–Crippen LogP) is 4.91. The number of rotatable bonds is 4. The van der Waals surface area contributed by atoms with E-state index < -0.39 is 0 Å². The monoisotopic (exact) mass is 196 g/mol. The summed E-state index contributed by atoms with van der Waals surface area (Å²) in [6.45, 7) is 16.0. The van der Waals surface area contributed by atoms with Crippen LogP contribution in [0.1, 0.15) is 54.4 Å². The molecule has 0 radical (unpaired) electrons. The third-order valence-corrected chi connectivity index (χ3v) is 1.88. The lowest BCUT2D eigenvalue weighted by atomic mass is 9.90. The molecule has 14 heavy (non-hydrogen) atoms. The first-order chi connectivity index (χ1) is 6.76. The van der Waals surface area contributed by atoms with Crippen LogP contribution in [0.15, 0.2) is 12.7 Å². The lowest BCUT2D eigenvalue weighted by Gasteiger charge is -2.14. The van der Waals surface area contributed by atoms with E-state index in [0.717, 1.165) is 12.8 Å². The molecule has 2 unspecified atom stereocenters. The van der Waals surface area contributed by atoms with Crippen LogP contribution in [-0.2, 0) is 0 Å². The maximum atomic E-state index is 5.33. The first-order valence-corrected chi connectivity index (χ1v) is 5.83. The quantitative estimate of drug-likeness (QED) is 0.442. The topological polar surface area (TPSA) is 0 Å². The summed E-state index contributed by atoms with van der Waals surface area (Å²) in [6, 6.07) is 0. The molecule has 0 N–H and O–H groups in total. The molecule has 0 fully saturated rings. The summed E-state index contributed by atoms with van der Waals surface area (Å²) in [5.41, 5.74) is 0. The van der Waals surface area contributed by atoms with Gasteiger partial charge in [-0.15, -0.1) is 18.9 Å². The fraction of sp³-hybridized carbons (Fsp3) is 0.714. The average molecular weight is 196 g/mol. The third-order valence-electron chi connectivity index (χ3n) is 1.88. The number of terminal acetylenes is 1. The van der Waals surface area contributed by atoms with Gasteiger partial charge in [-0.25, -0.2) is 0 Å². The molecular formula is C14H28. The Morgan fingerprint density at radius 2 is 1.71 bits per heavy atom. The van der Waals surface area contributed by atoms with Gasteiger partial charge in [-0.2, -0.15) is 0 Å². The van der Waals surface area contributed by atoms with Crippen LogP contribution in [0.4, 0.5) is 0 Å². The van der Waals surface area contributed by atoms with E-state index >= 15 is 0 Å². The molecule has 84 valence electrons. The van der Waals surface area contributed by atoms with Crippen molar-refractivity contribution in [3.63, 3.8) is 0 Å². The van der Waals surface area contributed by atoms with E-state index in [1.54, 1.807) is 0 Å². The molecule has 0 saturated carbocycles. The van der Waals surface area contributed by atoms with Crippen molar-refractivity contribution in [1.82, 2.24) is 0 Å². The molecule has 0 saturated heterocycles. The summed E-state index contributed by atoms with van der Waals surface area (Å²) in [7, 11) is 0. The Hall–Kier alpha value is -0.700. The van der Waals surface area contributed by atoms with Gasteiger partial charge in [0.25, 0.3) is 0 Å². The van der Waals surface area contributed by atoms with E-state index in [9.17, 15) is 0 Å². The molecule has 2 atom stereocenters. The highest BCUT2D eigenvalue weighted by atomic mass is 14.1. The van der Waals surface area contributed by atoms with Gasteiger partial charge in [0.15, 0.2) is 0 Å². The zero-order chi connectivity index (χ0) is 12.0. The second-order valence-corrected chi connectivity index (χ2v) is 2.68. The van der Waals surface area contributed by atoms with Crippen LogP contribution >= 0.6 is 0 Å². The molecular weight excluding hydrogens is 168 g/mol. The Balaban J connectivity index is -0.000000266. The van der Waals surface area contributed by atoms with Gasteiger partial charge in [0.1, 0.15) is 0 Å². The van der Waals surface area contributed by atoms with Gasteiger partial charge < -0.3 is 0 Å². The molecule has 0 aromatic carbocycles. The third kappa shape index (κ3) is 11.3. The molecule has 0 heterocycles. The van der Waals surface area contributed by atoms with Gasteiger partial charge in [-0.3, -0.25) is 0 Å². The van der Waals surface area contributed by atoms with Crippen molar-refractivity contribution in [2.45, 2.75) is 54.4 Å². The molecule has 0 rings (SSSR count). The van der Waals surface area contributed by atoms with Gasteiger partial charge in [0, 0.05) is 5.92 Å². The predicted molar refractivity (Wildman–Crippen MR) is 69.3 cm³/mol. The van der Waals surface area contributed by atoms with Crippen LogP contribution in [0.25, 0.3) is 0 Å². The Kier molecular flexibility index (Phi) is 24.6. The van der Waals surface area contributed by atoms with Crippen LogP contribution in [0.3, 0.4) is 0 Å². The highest BCUT2D eigenvalue weighted by Crippen LogP contribution is 2.17. The van der Waals surface area contributed by atoms with Gasteiger partial charge in [0.2, 0.25) is 0 Å². The van der Waals surface area contributed by atoms with Gasteiger partial charge >= 0.3 is 0 Å². The Morgan fingerprint density at radius 3 is 1.93 bits per heavy atom. The standard InChI is InChI=1S/C10H16.2C2H6/c1-5-8-9(4)10(6-2)7-3;2*1-2/h2,5,9-10H,1,7-8H2,3-4H3;2*1-2H3. The minimum Gasteiger partial charge on any atom is -0.120 e. The largest absolute Gasteiger partial charge is 0.120 e. The highest BCUT2D eigenvalue weighted by Gasteiger charge is 2.09. The van der Waals surface area contributed by atoms with Gasteiger partial charge in [0.05, 0.1) is 0 Å². The molecule has 0 aliphatic rings. The van der Waals surface area contributed by atoms with Crippen LogP contribution in [0.5, 0.6) is 0 Å². The van der Waals surface area contributed by atoms with Crippen molar-refractivity contribution >= 4 is 0 Å². The summed E-state index contributed by atoms with van der Waals surface area (Å²) < 4.78 is 0. The van der Waals surface area contributed by atoms with E-state index in [1.807, 2.05) is 33.8 Å². The SMILES string of the molecule is C#CC(CC)C(C)CC=C.CC.CC. The normalized spacial score (nSPS) is 11.8. The van der Waals surface area contributed by atoms with E-state index in [1.165, 1.54) is 0 Å². The van der Waals surface area contributed by atoms with Crippen LogP contribution < -0.4 is 0 Å². The lowest BCUT2D eigenvalue weighted by molar-refractivity contribution is 0.436. The zero-order valence-corrected chi connectivity index (χ0v) is 10.9. The summed E-state index contributed by atoms with van der Waals surface area (Å²) in [6.07, 6.45) is 9.37. The first kappa shape index (κ1) is 19.0. The fourth-order valence-electron chi connectivity index (χ4n) is 1.11. The maximum absolute atomic E-state index is 5.33. The second-order valence-electron chi connectivity index (χ2n) is 2.68. The number of allylic oxidation sites excluding steroid dienone is 1. The fourth-order valence-corrected chi connectivity index (χ4v) is 1.11. The summed E-state index contributed by atoms with van der Waals surface area (Å²) in [5.74, 6) is 3.81. The van der Waals surface area contributed by atoms with Crippen molar-refractivity contribution in [2.75, 3.05) is 0 Å². The van der Waals surface area contributed by atoms with Crippen LogP contribution in [0, 0.1) is 24.2 Å². The molecule has 0 bridgehead atoms.